The molecule has 1 aromatic heterocycles. The van der Waals surface area contributed by atoms with Crippen molar-refractivity contribution in [1.29, 1.82) is 0 Å². The molecule has 3 aromatic rings. The Morgan fingerprint density at radius 1 is 1.14 bits per heavy atom. The molecule has 228 valence electrons. The predicted molar refractivity (Wildman–Crippen MR) is 159 cm³/mol. The van der Waals surface area contributed by atoms with Gasteiger partial charge in [-0.25, -0.2) is 15.0 Å². The van der Waals surface area contributed by atoms with Gasteiger partial charge in [-0.15, -0.1) is 0 Å². The first-order valence-corrected chi connectivity index (χ1v) is 14.0. The van der Waals surface area contributed by atoms with E-state index >= 15 is 0 Å². The van der Waals surface area contributed by atoms with Crippen LogP contribution in [0.2, 0.25) is 0 Å². The lowest BCUT2D eigenvalue weighted by Gasteiger charge is -2.36. The third kappa shape index (κ3) is 6.83. The van der Waals surface area contributed by atoms with Crippen molar-refractivity contribution in [3.8, 4) is 5.75 Å². The molecule has 2 aliphatic heterocycles. The third-order valence-electron chi connectivity index (χ3n) is 7.57. The summed E-state index contributed by atoms with van der Waals surface area (Å²) in [6, 6.07) is 10.1. The van der Waals surface area contributed by atoms with Crippen molar-refractivity contribution >= 4 is 34.6 Å². The van der Waals surface area contributed by atoms with Gasteiger partial charge in [0.25, 0.3) is 0 Å². The molecule has 5 rings (SSSR count). The number of aromatic nitrogens is 2. The molecule has 1 amide bonds. The molecule has 0 saturated carbocycles. The smallest absolute Gasteiger partial charge is 0.416 e. The van der Waals surface area contributed by atoms with E-state index in [2.05, 4.69) is 43.9 Å². The number of nitrogens with zero attached hydrogens (tertiary/aromatic N) is 5. The number of carbonyl (C=O) groups excluding carboxylic acids is 1. The fraction of sp³-hybridized carbons (Fsp3) is 0.367. The molecule has 2 saturated heterocycles. The minimum atomic E-state index is -4.45. The van der Waals surface area contributed by atoms with Crippen molar-refractivity contribution in [3.63, 3.8) is 0 Å². The number of ether oxygens (including phenoxy) is 1. The van der Waals surface area contributed by atoms with E-state index < -0.39 is 17.8 Å². The maximum Gasteiger partial charge on any atom is 0.416 e. The molecule has 0 spiro atoms. The van der Waals surface area contributed by atoms with Crippen LogP contribution in [0.1, 0.15) is 30.5 Å². The Bertz CT molecular complexity index is 1460. The van der Waals surface area contributed by atoms with Crippen LogP contribution in [0.3, 0.4) is 0 Å². The highest BCUT2D eigenvalue weighted by atomic mass is 19.4. The number of carbonyl (C=O) groups is 1. The zero-order valence-electron chi connectivity index (χ0n) is 24.0. The number of benzene rings is 2. The number of rotatable bonds is 9. The van der Waals surface area contributed by atoms with Gasteiger partial charge in [0.2, 0.25) is 5.91 Å². The van der Waals surface area contributed by atoms with E-state index in [4.69, 9.17) is 9.57 Å². The van der Waals surface area contributed by atoms with E-state index in [1.54, 1.807) is 25.3 Å². The molecule has 1 atom stereocenters. The second-order valence-electron chi connectivity index (χ2n) is 10.2. The van der Waals surface area contributed by atoms with Crippen LogP contribution >= 0.6 is 0 Å². The van der Waals surface area contributed by atoms with Crippen LogP contribution in [0.5, 0.6) is 5.75 Å². The number of nitrogens with one attached hydrogen (secondary N) is 2. The Kier molecular flexibility index (Phi) is 9.02. The summed E-state index contributed by atoms with van der Waals surface area (Å²) in [4.78, 5) is 31.4. The number of hydrogen-bond donors (Lipinski definition) is 2. The predicted octanol–water partition coefficient (Wildman–Crippen LogP) is 5.40. The number of hydroxylamine groups is 1. The van der Waals surface area contributed by atoms with E-state index in [0.29, 0.717) is 47.4 Å². The number of anilines is 5. The van der Waals surface area contributed by atoms with Crippen LogP contribution in [0.25, 0.3) is 0 Å². The highest BCUT2D eigenvalue weighted by molar-refractivity contribution is 6.02. The fourth-order valence-corrected chi connectivity index (χ4v) is 5.28. The normalized spacial score (nSPS) is 17.6. The fourth-order valence-electron chi connectivity index (χ4n) is 5.28. The molecule has 0 radical (unpaired) electrons. The van der Waals surface area contributed by atoms with E-state index in [0.717, 1.165) is 50.5 Å². The Morgan fingerprint density at radius 3 is 2.63 bits per heavy atom. The minimum absolute atomic E-state index is 0.321. The lowest BCUT2D eigenvalue weighted by Crippen LogP contribution is -2.46. The zero-order valence-corrected chi connectivity index (χ0v) is 24.0. The van der Waals surface area contributed by atoms with Crippen molar-refractivity contribution in [3.05, 3.63) is 72.6 Å². The molecule has 1 unspecified atom stereocenters. The number of hydrogen-bond acceptors (Lipinski definition) is 9. The summed E-state index contributed by atoms with van der Waals surface area (Å²) >= 11 is 0. The quantitative estimate of drug-likeness (QED) is 0.315. The number of alkyl halides is 3. The molecule has 13 heteroatoms. The van der Waals surface area contributed by atoms with Crippen LogP contribution in [0.4, 0.5) is 41.9 Å². The van der Waals surface area contributed by atoms with Gasteiger partial charge >= 0.3 is 6.18 Å². The highest BCUT2D eigenvalue weighted by Crippen LogP contribution is 2.40. The second kappa shape index (κ2) is 12.9. The van der Waals surface area contributed by atoms with Gasteiger partial charge in [-0.3, -0.25) is 9.63 Å². The van der Waals surface area contributed by atoms with Gasteiger partial charge in [0.05, 0.1) is 42.4 Å². The van der Waals surface area contributed by atoms with E-state index in [-0.39, 0.29) is 5.91 Å². The van der Waals surface area contributed by atoms with Gasteiger partial charge in [0.1, 0.15) is 17.9 Å². The maximum absolute atomic E-state index is 13.4. The Hall–Kier alpha value is -4.36. The molecular formula is C30H34F3N7O3. The Balaban J connectivity index is 1.42. The molecule has 3 heterocycles. The molecule has 2 aliphatic rings. The van der Waals surface area contributed by atoms with Gasteiger partial charge in [0, 0.05) is 44.7 Å². The highest BCUT2D eigenvalue weighted by Gasteiger charge is 2.34. The molecule has 2 N–H and O–H groups in total. The topological polar surface area (TPSA) is 95.1 Å². The van der Waals surface area contributed by atoms with Gasteiger partial charge in [-0.1, -0.05) is 25.6 Å². The third-order valence-corrected chi connectivity index (χ3v) is 7.57. The summed E-state index contributed by atoms with van der Waals surface area (Å²) in [5, 5.41) is 7.65. The van der Waals surface area contributed by atoms with Crippen molar-refractivity contribution in [2.45, 2.75) is 25.6 Å². The first-order valence-electron chi connectivity index (χ1n) is 14.0. The van der Waals surface area contributed by atoms with Gasteiger partial charge in [-0.2, -0.15) is 13.2 Å². The molecular weight excluding hydrogens is 563 g/mol. The van der Waals surface area contributed by atoms with Crippen LogP contribution in [-0.4, -0.2) is 67.2 Å². The van der Waals surface area contributed by atoms with Gasteiger partial charge in [-0.05, 0) is 36.4 Å². The summed E-state index contributed by atoms with van der Waals surface area (Å²) in [6.07, 6.45) is -1.41. The first-order chi connectivity index (χ1) is 20.7. The van der Waals surface area contributed by atoms with Crippen molar-refractivity contribution in [2.24, 2.45) is 0 Å². The van der Waals surface area contributed by atoms with Crippen LogP contribution in [0, 0.1) is 0 Å². The molecule has 10 nitrogen and oxygen atoms in total. The molecule has 2 fully saturated rings. The minimum Gasteiger partial charge on any atom is -0.494 e. The molecule has 0 bridgehead atoms. The number of methoxy groups -OCH3 is 1. The largest absolute Gasteiger partial charge is 0.494 e. The molecule has 43 heavy (non-hydrogen) atoms. The van der Waals surface area contributed by atoms with Gasteiger partial charge < -0.3 is 25.2 Å². The van der Waals surface area contributed by atoms with Crippen LogP contribution in [0.15, 0.2) is 61.4 Å². The summed E-state index contributed by atoms with van der Waals surface area (Å²) in [5.74, 6) is 0.957. The number of piperazine rings is 1. The summed E-state index contributed by atoms with van der Waals surface area (Å²) in [5.41, 5.74) is 1.70. The summed E-state index contributed by atoms with van der Waals surface area (Å²) in [6.45, 7) is 10.4. The average molecular weight is 598 g/mol. The number of amides is 1. The SMILES string of the molecule is C=CC(=O)Nc1cc(Nc2cc(N3OCCC3c3cccc(C(F)(F)F)c3)ncn2)c(OC)cc1N1CCN(CC)CC1. The van der Waals surface area contributed by atoms with E-state index in [1.807, 2.05) is 6.07 Å². The van der Waals surface area contributed by atoms with Crippen LogP contribution < -0.4 is 25.3 Å². The standard InChI is InChI=1S/C30H34F3N7O3/c1-4-29(41)37-22-16-23(26(42-3)17-25(22)39-12-10-38(5-2)11-13-39)36-27-18-28(35-19-34-27)40-24(9-14-43-40)20-7-6-8-21(15-20)30(31,32)33/h4,6-8,15-19,24H,1,5,9-14H2,2-3H3,(H,37,41)(H,34,35,36). The average Bonchev–Trinajstić information content (AvgIpc) is 3.51. The number of halogens is 3. The van der Waals surface area contributed by atoms with Crippen molar-refractivity contribution in [2.75, 3.05) is 67.0 Å². The molecule has 2 aromatic carbocycles. The van der Waals surface area contributed by atoms with E-state index in [9.17, 15) is 18.0 Å². The Labute approximate surface area is 248 Å². The lowest BCUT2D eigenvalue weighted by atomic mass is 10.0. The van der Waals surface area contributed by atoms with Crippen molar-refractivity contribution < 1.29 is 27.5 Å². The second-order valence-corrected chi connectivity index (χ2v) is 10.2. The van der Waals surface area contributed by atoms with E-state index in [1.165, 1.54) is 23.5 Å². The first kappa shape index (κ1) is 30.1. The summed E-state index contributed by atoms with van der Waals surface area (Å²) in [7, 11) is 1.56. The zero-order chi connectivity index (χ0) is 30.6. The Morgan fingerprint density at radius 2 is 1.93 bits per heavy atom. The lowest BCUT2D eigenvalue weighted by molar-refractivity contribution is -0.137. The van der Waals surface area contributed by atoms with Crippen molar-refractivity contribution in [1.82, 2.24) is 14.9 Å². The maximum atomic E-state index is 13.4. The summed E-state index contributed by atoms with van der Waals surface area (Å²) < 4.78 is 45.8. The van der Waals surface area contributed by atoms with Crippen LogP contribution in [-0.2, 0) is 15.8 Å². The monoisotopic (exact) mass is 597 g/mol. The van der Waals surface area contributed by atoms with Gasteiger partial charge in [0.15, 0.2) is 5.82 Å². The molecule has 0 aliphatic carbocycles. The number of likely N-dealkylation sites (N-methyl/N-ethyl adjacent to an activating group) is 1.